The summed E-state index contributed by atoms with van der Waals surface area (Å²) >= 11 is 0. The molecular weight excluding hydrogens is 280 g/mol. The van der Waals surface area contributed by atoms with Crippen LogP contribution in [0.2, 0.25) is 0 Å². The second-order valence-electron chi connectivity index (χ2n) is 5.54. The minimum atomic E-state index is -0.151. The normalized spacial score (nSPS) is 14.4. The number of nitrogens with one attached hydrogen (secondary N) is 1. The van der Waals surface area contributed by atoms with Crippen molar-refractivity contribution in [3.63, 3.8) is 0 Å². The summed E-state index contributed by atoms with van der Waals surface area (Å²) in [4.78, 5) is 25.1. The van der Waals surface area contributed by atoms with E-state index in [-0.39, 0.29) is 5.91 Å². The Morgan fingerprint density at radius 3 is 3.14 bits per heavy atom. The lowest BCUT2D eigenvalue weighted by atomic mass is 10.3. The van der Waals surface area contributed by atoms with Gasteiger partial charge in [-0.05, 0) is 25.8 Å². The molecule has 4 rings (SSSR count). The van der Waals surface area contributed by atoms with E-state index in [0.717, 1.165) is 5.69 Å². The summed E-state index contributed by atoms with van der Waals surface area (Å²) in [7, 11) is 0. The van der Waals surface area contributed by atoms with E-state index in [1.807, 2.05) is 19.4 Å². The number of aryl methyl sites for hydroxylation is 1. The Morgan fingerprint density at radius 1 is 1.45 bits per heavy atom. The van der Waals surface area contributed by atoms with Gasteiger partial charge in [0.1, 0.15) is 5.69 Å². The van der Waals surface area contributed by atoms with Crippen molar-refractivity contribution >= 4 is 11.7 Å². The minimum absolute atomic E-state index is 0.151. The highest BCUT2D eigenvalue weighted by atomic mass is 16.1. The number of aromatic nitrogens is 5. The van der Waals surface area contributed by atoms with Crippen LogP contribution >= 0.6 is 0 Å². The quantitative estimate of drug-likeness (QED) is 0.791. The highest BCUT2D eigenvalue weighted by Crippen LogP contribution is 2.35. The summed E-state index contributed by atoms with van der Waals surface area (Å²) in [5, 5.41) is 2.96. The molecule has 1 amide bonds. The van der Waals surface area contributed by atoms with Crippen molar-refractivity contribution in [3.05, 3.63) is 48.1 Å². The number of hydrogen-bond donors (Lipinski definition) is 1. The molecule has 3 aromatic heterocycles. The van der Waals surface area contributed by atoms with Gasteiger partial charge in [0.05, 0.1) is 24.3 Å². The average molecular weight is 296 g/mol. The van der Waals surface area contributed by atoms with Crippen molar-refractivity contribution in [1.29, 1.82) is 0 Å². The van der Waals surface area contributed by atoms with Crippen molar-refractivity contribution in [2.75, 3.05) is 0 Å². The molecule has 7 nitrogen and oxygen atoms in total. The Bertz CT molecular complexity index is 845. The van der Waals surface area contributed by atoms with Gasteiger partial charge in [0.25, 0.3) is 5.91 Å². The zero-order valence-electron chi connectivity index (χ0n) is 12.2. The Labute approximate surface area is 127 Å². The predicted molar refractivity (Wildman–Crippen MR) is 79.4 cm³/mol. The summed E-state index contributed by atoms with van der Waals surface area (Å²) in [6.07, 6.45) is 9.48. The van der Waals surface area contributed by atoms with E-state index in [1.54, 1.807) is 22.9 Å². The van der Waals surface area contributed by atoms with E-state index in [4.69, 9.17) is 0 Å². The summed E-state index contributed by atoms with van der Waals surface area (Å²) in [6.45, 7) is 2.28. The van der Waals surface area contributed by atoms with Crippen molar-refractivity contribution in [2.24, 2.45) is 0 Å². The highest BCUT2D eigenvalue weighted by molar-refractivity contribution is 5.94. The monoisotopic (exact) mass is 296 g/mol. The molecule has 0 radical (unpaired) electrons. The van der Waals surface area contributed by atoms with Crippen molar-refractivity contribution in [3.8, 4) is 0 Å². The van der Waals surface area contributed by atoms with Crippen molar-refractivity contribution < 1.29 is 4.79 Å². The molecule has 0 aliphatic heterocycles. The molecule has 1 fully saturated rings. The maximum Gasteiger partial charge on any atom is 0.270 e. The van der Waals surface area contributed by atoms with Crippen molar-refractivity contribution in [2.45, 2.75) is 32.4 Å². The molecule has 0 unspecified atom stereocenters. The Morgan fingerprint density at radius 2 is 2.32 bits per heavy atom. The molecular formula is C15H16N6O. The van der Waals surface area contributed by atoms with Crippen LogP contribution in [0, 0.1) is 6.92 Å². The van der Waals surface area contributed by atoms with Crippen LogP contribution in [0.15, 0.2) is 31.0 Å². The molecule has 7 heteroatoms. The zero-order valence-corrected chi connectivity index (χ0v) is 12.2. The number of nitrogens with zero attached hydrogens (tertiary/aromatic N) is 5. The van der Waals surface area contributed by atoms with E-state index < -0.39 is 0 Å². The molecule has 0 bridgehead atoms. The lowest BCUT2D eigenvalue weighted by molar-refractivity contribution is 0.0943. The van der Waals surface area contributed by atoms with Crippen LogP contribution in [0.5, 0.6) is 0 Å². The van der Waals surface area contributed by atoms with E-state index in [9.17, 15) is 4.79 Å². The number of imidazole rings is 2. The second-order valence-corrected chi connectivity index (χ2v) is 5.54. The Kier molecular flexibility index (Phi) is 2.92. The van der Waals surface area contributed by atoms with E-state index in [2.05, 4.69) is 24.8 Å². The van der Waals surface area contributed by atoms with E-state index in [1.165, 1.54) is 12.8 Å². The van der Waals surface area contributed by atoms with Crippen LogP contribution in [-0.4, -0.2) is 29.8 Å². The van der Waals surface area contributed by atoms with Gasteiger partial charge in [0, 0.05) is 24.6 Å². The first-order valence-electron chi connectivity index (χ1n) is 7.32. The summed E-state index contributed by atoms with van der Waals surface area (Å²) in [5.41, 5.74) is 2.23. The summed E-state index contributed by atoms with van der Waals surface area (Å²) in [6, 6.07) is 2.34. The van der Waals surface area contributed by atoms with Crippen LogP contribution in [0.25, 0.3) is 5.78 Å². The number of fused-ring (bicyclic) bond motifs is 1. The van der Waals surface area contributed by atoms with Gasteiger partial charge in [0.15, 0.2) is 0 Å². The zero-order chi connectivity index (χ0) is 15.1. The maximum atomic E-state index is 12.5. The molecule has 1 aliphatic carbocycles. The van der Waals surface area contributed by atoms with Crippen LogP contribution in [0.1, 0.15) is 40.8 Å². The lowest BCUT2D eigenvalue weighted by Crippen LogP contribution is -2.26. The van der Waals surface area contributed by atoms with Gasteiger partial charge in [-0.15, -0.1) is 0 Å². The lowest BCUT2D eigenvalue weighted by Gasteiger charge is -2.08. The number of rotatable bonds is 4. The second kappa shape index (κ2) is 4.94. The first kappa shape index (κ1) is 13.0. The van der Waals surface area contributed by atoms with Crippen LogP contribution in [-0.2, 0) is 6.54 Å². The number of carbonyl (C=O) groups is 1. The third-order valence-corrected chi connectivity index (χ3v) is 3.91. The van der Waals surface area contributed by atoms with Gasteiger partial charge in [0.2, 0.25) is 5.78 Å². The minimum Gasteiger partial charge on any atom is -0.345 e. The third kappa shape index (κ3) is 2.14. The molecule has 1 N–H and O–H groups in total. The predicted octanol–water partition coefficient (Wildman–Crippen LogP) is 1.50. The van der Waals surface area contributed by atoms with Gasteiger partial charge < -0.3 is 9.88 Å². The number of hydrogen-bond acceptors (Lipinski definition) is 4. The molecule has 0 aromatic carbocycles. The number of carbonyl (C=O) groups excluding carboxylic acids is 1. The largest absolute Gasteiger partial charge is 0.345 e. The number of amides is 1. The summed E-state index contributed by atoms with van der Waals surface area (Å²) < 4.78 is 3.85. The van der Waals surface area contributed by atoms with Gasteiger partial charge in [-0.2, -0.15) is 0 Å². The standard InChI is InChI=1S/C15H16N6O/c1-10-13(20-6-2-5-17-15(20)19-10)14(22)18-8-12-7-16-9-21(12)11-3-4-11/h2,5-7,9,11H,3-4,8H2,1H3,(H,18,22). The molecule has 3 aromatic rings. The molecule has 1 saturated carbocycles. The van der Waals surface area contributed by atoms with Gasteiger partial charge in [-0.25, -0.2) is 15.0 Å². The first-order valence-corrected chi connectivity index (χ1v) is 7.32. The smallest absolute Gasteiger partial charge is 0.270 e. The van der Waals surface area contributed by atoms with Crippen LogP contribution in [0.4, 0.5) is 0 Å². The Hall–Kier alpha value is -2.70. The van der Waals surface area contributed by atoms with E-state index >= 15 is 0 Å². The van der Waals surface area contributed by atoms with Crippen LogP contribution < -0.4 is 5.32 Å². The molecule has 1 aliphatic rings. The fraction of sp³-hybridized carbons (Fsp3) is 0.333. The molecule has 112 valence electrons. The van der Waals surface area contributed by atoms with E-state index in [0.29, 0.717) is 29.8 Å². The van der Waals surface area contributed by atoms with Gasteiger partial charge in [-0.1, -0.05) is 0 Å². The molecule has 0 saturated heterocycles. The topological polar surface area (TPSA) is 77.1 Å². The molecule has 0 atom stereocenters. The first-order chi connectivity index (χ1) is 10.7. The van der Waals surface area contributed by atoms with Crippen molar-refractivity contribution in [1.82, 2.24) is 29.2 Å². The maximum absolute atomic E-state index is 12.5. The highest BCUT2D eigenvalue weighted by Gasteiger charge is 2.25. The van der Waals surface area contributed by atoms with Gasteiger partial charge in [-0.3, -0.25) is 9.20 Å². The molecule has 3 heterocycles. The third-order valence-electron chi connectivity index (χ3n) is 3.91. The molecule has 22 heavy (non-hydrogen) atoms. The van der Waals surface area contributed by atoms with Gasteiger partial charge >= 0.3 is 0 Å². The SMILES string of the molecule is Cc1nc2ncccn2c1C(=O)NCc1cncn1C1CC1. The van der Waals surface area contributed by atoms with Crippen LogP contribution in [0.3, 0.4) is 0 Å². The fourth-order valence-corrected chi connectivity index (χ4v) is 2.68. The molecule has 0 spiro atoms. The average Bonchev–Trinajstić information content (AvgIpc) is 3.15. The summed E-state index contributed by atoms with van der Waals surface area (Å²) in [5.74, 6) is 0.384. The fourth-order valence-electron chi connectivity index (χ4n) is 2.68. The Balaban J connectivity index is 1.56.